The van der Waals surface area contributed by atoms with Crippen molar-refractivity contribution in [2.24, 2.45) is 0 Å². The van der Waals surface area contributed by atoms with Crippen molar-refractivity contribution in [1.82, 2.24) is 5.32 Å². The summed E-state index contributed by atoms with van der Waals surface area (Å²) in [4.78, 5) is 0. The van der Waals surface area contributed by atoms with Crippen molar-refractivity contribution in [3.63, 3.8) is 0 Å². The van der Waals surface area contributed by atoms with Gasteiger partial charge in [0.1, 0.15) is 0 Å². The molecule has 0 aromatic heterocycles. The third-order valence-electron chi connectivity index (χ3n) is 2.18. The van der Waals surface area contributed by atoms with Crippen LogP contribution in [0.5, 0.6) is 0 Å². The zero-order valence-electron chi connectivity index (χ0n) is 9.95. The summed E-state index contributed by atoms with van der Waals surface area (Å²) in [5.41, 5.74) is -0.388. The second kappa shape index (κ2) is 4.86. The first-order valence-electron chi connectivity index (χ1n) is 5.20. The molecular weight excluding hydrogens is 251 g/mol. The largest absolute Gasteiger partial charge is 0.416 e. The molecule has 17 heavy (non-hydrogen) atoms. The van der Waals surface area contributed by atoms with E-state index >= 15 is 0 Å². The molecule has 1 rings (SSSR count). The van der Waals surface area contributed by atoms with Crippen molar-refractivity contribution in [3.05, 3.63) is 34.3 Å². The zero-order valence-corrected chi connectivity index (χ0v) is 10.7. The highest BCUT2D eigenvalue weighted by Crippen LogP contribution is 2.31. The molecule has 0 saturated carbocycles. The van der Waals surface area contributed by atoms with Gasteiger partial charge in [0.2, 0.25) is 0 Å². The van der Waals surface area contributed by atoms with E-state index in [1.165, 1.54) is 6.07 Å². The lowest BCUT2D eigenvalue weighted by atomic mass is 10.1. The van der Waals surface area contributed by atoms with Crippen LogP contribution in [0.25, 0.3) is 0 Å². The summed E-state index contributed by atoms with van der Waals surface area (Å²) >= 11 is 5.87. The van der Waals surface area contributed by atoms with Crippen molar-refractivity contribution in [1.29, 1.82) is 0 Å². The van der Waals surface area contributed by atoms with Crippen molar-refractivity contribution in [2.75, 3.05) is 0 Å². The molecule has 0 bridgehead atoms. The Hall–Kier alpha value is -0.740. The summed E-state index contributed by atoms with van der Waals surface area (Å²) < 4.78 is 37.5. The van der Waals surface area contributed by atoms with E-state index in [-0.39, 0.29) is 5.54 Å². The number of rotatable bonds is 2. The lowest BCUT2D eigenvalue weighted by Crippen LogP contribution is -2.35. The Balaban J connectivity index is 2.92. The van der Waals surface area contributed by atoms with E-state index in [1.54, 1.807) is 0 Å². The fourth-order valence-electron chi connectivity index (χ4n) is 1.25. The van der Waals surface area contributed by atoms with Crippen LogP contribution in [0.15, 0.2) is 18.2 Å². The summed E-state index contributed by atoms with van der Waals surface area (Å²) in [5, 5.41) is 3.45. The van der Waals surface area contributed by atoms with E-state index in [9.17, 15) is 13.2 Å². The standard InChI is InChI=1S/C12H15ClF3N/c1-11(2,3)17-7-8-6-9(12(14,15)16)4-5-10(8)13/h4-6,17H,7H2,1-3H3. The monoisotopic (exact) mass is 265 g/mol. The molecule has 1 N–H and O–H groups in total. The third kappa shape index (κ3) is 4.56. The maximum absolute atomic E-state index is 12.5. The highest BCUT2D eigenvalue weighted by molar-refractivity contribution is 6.31. The number of hydrogen-bond donors (Lipinski definition) is 1. The highest BCUT2D eigenvalue weighted by Gasteiger charge is 2.30. The average molecular weight is 266 g/mol. The molecule has 0 saturated heterocycles. The number of halogens is 4. The predicted octanol–water partition coefficient (Wildman–Crippen LogP) is 4.25. The Morgan fingerprint density at radius 1 is 1.18 bits per heavy atom. The summed E-state index contributed by atoms with van der Waals surface area (Å²) in [6.45, 7) is 6.13. The highest BCUT2D eigenvalue weighted by atomic mass is 35.5. The van der Waals surface area contributed by atoms with Crippen LogP contribution in [0.1, 0.15) is 31.9 Å². The number of nitrogens with one attached hydrogen (secondary N) is 1. The molecule has 0 atom stereocenters. The molecule has 0 spiro atoms. The first-order valence-corrected chi connectivity index (χ1v) is 5.58. The molecule has 0 fully saturated rings. The van der Waals surface area contributed by atoms with Gasteiger partial charge in [-0.1, -0.05) is 11.6 Å². The lowest BCUT2D eigenvalue weighted by molar-refractivity contribution is -0.137. The summed E-state index contributed by atoms with van der Waals surface area (Å²) in [6, 6.07) is 3.36. The minimum absolute atomic E-state index is 0.169. The molecule has 0 aliphatic carbocycles. The van der Waals surface area contributed by atoms with Gasteiger partial charge in [0.05, 0.1) is 5.56 Å². The zero-order chi connectivity index (χ0) is 13.3. The fraction of sp³-hybridized carbons (Fsp3) is 0.500. The Labute approximate surface area is 104 Å². The van der Waals surface area contributed by atoms with Gasteiger partial charge in [-0.3, -0.25) is 0 Å². The normalized spacial score (nSPS) is 12.9. The molecule has 1 nitrogen and oxygen atoms in total. The fourth-order valence-corrected chi connectivity index (χ4v) is 1.43. The SMILES string of the molecule is CC(C)(C)NCc1cc(C(F)(F)F)ccc1Cl. The number of benzene rings is 1. The van der Waals surface area contributed by atoms with Gasteiger partial charge < -0.3 is 5.32 Å². The maximum Gasteiger partial charge on any atom is 0.416 e. The topological polar surface area (TPSA) is 12.0 Å². The molecule has 0 unspecified atom stereocenters. The Morgan fingerprint density at radius 2 is 1.76 bits per heavy atom. The molecule has 5 heteroatoms. The first-order chi connectivity index (χ1) is 7.59. The van der Waals surface area contributed by atoms with Gasteiger partial charge in [-0.2, -0.15) is 13.2 Å². The number of alkyl halides is 3. The molecular formula is C12H15ClF3N. The van der Waals surface area contributed by atoms with Gasteiger partial charge in [-0.05, 0) is 44.5 Å². The summed E-state index contributed by atoms with van der Waals surface area (Å²) in [6.07, 6.45) is -4.33. The van der Waals surface area contributed by atoms with E-state index in [0.717, 1.165) is 12.1 Å². The maximum atomic E-state index is 12.5. The Morgan fingerprint density at radius 3 is 2.24 bits per heavy atom. The smallest absolute Gasteiger partial charge is 0.308 e. The van der Waals surface area contributed by atoms with Crippen molar-refractivity contribution in [2.45, 2.75) is 39.0 Å². The Kier molecular flexibility index (Phi) is 4.10. The minimum Gasteiger partial charge on any atom is -0.308 e. The van der Waals surface area contributed by atoms with Gasteiger partial charge >= 0.3 is 6.18 Å². The van der Waals surface area contributed by atoms with Gasteiger partial charge in [-0.25, -0.2) is 0 Å². The van der Waals surface area contributed by atoms with Gasteiger partial charge in [0.15, 0.2) is 0 Å². The molecule has 1 aromatic carbocycles. The molecule has 0 amide bonds. The minimum atomic E-state index is -4.33. The molecule has 96 valence electrons. The molecule has 0 aliphatic rings. The summed E-state index contributed by atoms with van der Waals surface area (Å²) in [7, 11) is 0. The van der Waals surface area contributed by atoms with Gasteiger partial charge in [0, 0.05) is 17.1 Å². The average Bonchev–Trinajstić information content (AvgIpc) is 2.13. The predicted molar refractivity (Wildman–Crippen MR) is 63.0 cm³/mol. The summed E-state index contributed by atoms with van der Waals surface area (Å²) in [5.74, 6) is 0. The van der Waals surface area contributed by atoms with Crippen molar-refractivity contribution < 1.29 is 13.2 Å². The van der Waals surface area contributed by atoms with Crippen LogP contribution < -0.4 is 5.32 Å². The second-order valence-corrected chi connectivity index (χ2v) is 5.31. The van der Waals surface area contributed by atoms with Crippen LogP contribution in [-0.2, 0) is 12.7 Å². The van der Waals surface area contributed by atoms with Crippen LogP contribution in [0, 0.1) is 0 Å². The van der Waals surface area contributed by atoms with E-state index < -0.39 is 11.7 Å². The van der Waals surface area contributed by atoms with Crippen LogP contribution >= 0.6 is 11.6 Å². The van der Waals surface area contributed by atoms with Gasteiger partial charge in [0.25, 0.3) is 0 Å². The van der Waals surface area contributed by atoms with Crippen molar-refractivity contribution >= 4 is 11.6 Å². The van der Waals surface area contributed by atoms with Crippen LogP contribution in [-0.4, -0.2) is 5.54 Å². The molecule has 1 aromatic rings. The molecule has 0 radical (unpaired) electrons. The van der Waals surface area contributed by atoms with E-state index in [1.807, 2.05) is 20.8 Å². The van der Waals surface area contributed by atoms with Gasteiger partial charge in [-0.15, -0.1) is 0 Å². The van der Waals surface area contributed by atoms with E-state index in [0.29, 0.717) is 17.1 Å². The molecule has 0 heterocycles. The van der Waals surface area contributed by atoms with E-state index in [2.05, 4.69) is 5.32 Å². The lowest BCUT2D eigenvalue weighted by Gasteiger charge is -2.21. The Bertz CT molecular complexity index is 394. The molecule has 0 aliphatic heterocycles. The first kappa shape index (κ1) is 14.3. The quantitative estimate of drug-likeness (QED) is 0.843. The van der Waals surface area contributed by atoms with Crippen LogP contribution in [0.4, 0.5) is 13.2 Å². The van der Waals surface area contributed by atoms with Crippen LogP contribution in [0.2, 0.25) is 5.02 Å². The van der Waals surface area contributed by atoms with E-state index in [4.69, 9.17) is 11.6 Å². The third-order valence-corrected chi connectivity index (χ3v) is 2.55. The number of hydrogen-bond acceptors (Lipinski definition) is 1. The second-order valence-electron chi connectivity index (χ2n) is 4.91. The van der Waals surface area contributed by atoms with Crippen molar-refractivity contribution in [3.8, 4) is 0 Å². The van der Waals surface area contributed by atoms with Crippen LogP contribution in [0.3, 0.4) is 0 Å².